The lowest BCUT2D eigenvalue weighted by Crippen LogP contribution is -2.30. The third kappa shape index (κ3) is 4.56. The van der Waals surface area contributed by atoms with Crippen LogP contribution in [0.1, 0.15) is 43.0 Å². The number of nitrogens with zero attached hydrogens (tertiary/aromatic N) is 3. The van der Waals surface area contributed by atoms with Crippen molar-refractivity contribution in [3.63, 3.8) is 0 Å². The maximum absolute atomic E-state index is 13.3. The molecule has 0 saturated heterocycles. The molecule has 0 atom stereocenters. The number of thioether (sulfide) groups is 1. The number of hydrogen-bond donors (Lipinski definition) is 0. The Hall–Kier alpha value is -2.12. The highest BCUT2D eigenvalue weighted by Gasteiger charge is 2.22. The molecule has 0 spiro atoms. The first-order valence-electron chi connectivity index (χ1n) is 10.0. The molecule has 1 fully saturated rings. The number of thiophene rings is 1. The predicted octanol–water partition coefficient (Wildman–Crippen LogP) is 4.71. The van der Waals surface area contributed by atoms with E-state index in [4.69, 9.17) is 4.98 Å². The summed E-state index contributed by atoms with van der Waals surface area (Å²) in [4.78, 5) is 33.6. The molecule has 1 amide bonds. The quantitative estimate of drug-likeness (QED) is 0.422. The van der Waals surface area contributed by atoms with Gasteiger partial charge in [0.25, 0.3) is 5.56 Å². The molecule has 1 aliphatic rings. The van der Waals surface area contributed by atoms with Gasteiger partial charge in [0, 0.05) is 18.0 Å². The summed E-state index contributed by atoms with van der Waals surface area (Å²) in [7, 11) is 1.82. The van der Waals surface area contributed by atoms with Crippen LogP contribution in [0, 0.1) is 0 Å². The summed E-state index contributed by atoms with van der Waals surface area (Å²) < 4.78 is 1.86. The molecule has 0 radical (unpaired) electrons. The summed E-state index contributed by atoms with van der Waals surface area (Å²) in [6.45, 7) is 0.609. The molecule has 0 aliphatic heterocycles. The molecule has 1 saturated carbocycles. The first-order chi connectivity index (χ1) is 14.1. The second-order valence-electron chi connectivity index (χ2n) is 7.50. The highest BCUT2D eigenvalue weighted by Crippen LogP contribution is 2.31. The van der Waals surface area contributed by atoms with Crippen LogP contribution in [0.15, 0.2) is 51.7 Å². The van der Waals surface area contributed by atoms with Crippen LogP contribution in [0.3, 0.4) is 0 Å². The summed E-state index contributed by atoms with van der Waals surface area (Å²) in [6, 6.07) is 11.7. The maximum atomic E-state index is 13.3. The van der Waals surface area contributed by atoms with Crippen molar-refractivity contribution in [3.8, 4) is 0 Å². The number of rotatable bonds is 6. The molecule has 0 unspecified atom stereocenters. The van der Waals surface area contributed by atoms with Crippen LogP contribution in [-0.4, -0.2) is 33.2 Å². The molecule has 1 aromatic carbocycles. The zero-order valence-corrected chi connectivity index (χ0v) is 18.2. The van der Waals surface area contributed by atoms with Crippen LogP contribution in [0.2, 0.25) is 0 Å². The minimum Gasteiger partial charge on any atom is -0.340 e. The van der Waals surface area contributed by atoms with Crippen LogP contribution in [0.25, 0.3) is 10.9 Å². The van der Waals surface area contributed by atoms with E-state index in [1.807, 2.05) is 53.4 Å². The third-order valence-corrected chi connectivity index (χ3v) is 7.24. The molecule has 4 rings (SSSR count). The van der Waals surface area contributed by atoms with E-state index in [-0.39, 0.29) is 23.3 Å². The largest absolute Gasteiger partial charge is 0.340 e. The normalized spacial score (nSPS) is 14.9. The van der Waals surface area contributed by atoms with E-state index in [0.29, 0.717) is 22.6 Å². The van der Waals surface area contributed by atoms with Crippen molar-refractivity contribution < 1.29 is 4.79 Å². The van der Waals surface area contributed by atoms with Gasteiger partial charge in [-0.3, -0.25) is 14.2 Å². The fraction of sp³-hybridized carbons (Fsp3) is 0.409. The summed E-state index contributed by atoms with van der Waals surface area (Å²) >= 11 is 3.03. The van der Waals surface area contributed by atoms with E-state index in [1.54, 1.807) is 16.2 Å². The molecule has 0 bridgehead atoms. The summed E-state index contributed by atoms with van der Waals surface area (Å²) in [5.74, 6) is 0.320. The standard InChI is InChI=1S/C22H25N3O2S2/c1-24(14-17-10-7-13-28-17)20(26)15-29-22-23-19-12-6-5-11-18(19)21(27)25(22)16-8-3-2-4-9-16/h5-7,10-13,16H,2-4,8-9,14-15H2,1H3. The smallest absolute Gasteiger partial charge is 0.262 e. The Kier molecular flexibility index (Phi) is 6.35. The van der Waals surface area contributed by atoms with Crippen molar-refractivity contribution in [1.82, 2.24) is 14.5 Å². The molecule has 0 N–H and O–H groups in total. The van der Waals surface area contributed by atoms with Gasteiger partial charge in [-0.2, -0.15) is 0 Å². The van der Waals surface area contributed by atoms with Crippen LogP contribution >= 0.6 is 23.1 Å². The van der Waals surface area contributed by atoms with E-state index in [0.717, 1.165) is 30.6 Å². The number of carbonyl (C=O) groups excluding carboxylic acids is 1. The van der Waals surface area contributed by atoms with Gasteiger partial charge in [0.05, 0.1) is 23.2 Å². The summed E-state index contributed by atoms with van der Waals surface area (Å²) in [6.07, 6.45) is 5.49. The van der Waals surface area contributed by atoms with Crippen molar-refractivity contribution >= 4 is 39.9 Å². The summed E-state index contributed by atoms with van der Waals surface area (Å²) in [5, 5.41) is 3.34. The van der Waals surface area contributed by atoms with Gasteiger partial charge in [0.1, 0.15) is 0 Å². The molecule has 2 aromatic heterocycles. The molecule has 1 aliphatic carbocycles. The monoisotopic (exact) mass is 427 g/mol. The lowest BCUT2D eigenvalue weighted by molar-refractivity contribution is -0.127. The molecule has 7 heteroatoms. The van der Waals surface area contributed by atoms with Crippen LogP contribution in [0.4, 0.5) is 0 Å². The molecule has 152 valence electrons. The Morgan fingerprint density at radius 3 is 2.76 bits per heavy atom. The highest BCUT2D eigenvalue weighted by molar-refractivity contribution is 7.99. The van der Waals surface area contributed by atoms with Gasteiger partial charge in [-0.15, -0.1) is 11.3 Å². The number of fused-ring (bicyclic) bond motifs is 1. The Morgan fingerprint density at radius 2 is 2.00 bits per heavy atom. The van der Waals surface area contributed by atoms with Crippen molar-refractivity contribution in [2.45, 2.75) is 49.8 Å². The molecule has 3 aromatic rings. The molecular weight excluding hydrogens is 402 g/mol. The minimum absolute atomic E-state index is 0.0180. The van der Waals surface area contributed by atoms with Gasteiger partial charge in [-0.05, 0) is 36.4 Å². The third-order valence-electron chi connectivity index (χ3n) is 5.44. The lowest BCUT2D eigenvalue weighted by atomic mass is 9.95. The average molecular weight is 428 g/mol. The van der Waals surface area contributed by atoms with E-state index in [9.17, 15) is 9.59 Å². The number of para-hydroxylation sites is 1. The molecule has 29 heavy (non-hydrogen) atoms. The van der Waals surface area contributed by atoms with E-state index >= 15 is 0 Å². The number of benzene rings is 1. The second-order valence-corrected chi connectivity index (χ2v) is 9.47. The highest BCUT2D eigenvalue weighted by atomic mass is 32.2. The Labute approximate surface area is 178 Å². The number of hydrogen-bond acceptors (Lipinski definition) is 5. The first kappa shape index (κ1) is 20.2. The van der Waals surface area contributed by atoms with E-state index in [2.05, 4.69) is 0 Å². The number of carbonyl (C=O) groups is 1. The van der Waals surface area contributed by atoms with Crippen LogP contribution < -0.4 is 5.56 Å². The zero-order valence-electron chi connectivity index (χ0n) is 16.5. The van der Waals surface area contributed by atoms with Gasteiger partial charge in [-0.25, -0.2) is 4.98 Å². The van der Waals surface area contributed by atoms with Gasteiger partial charge in [0.15, 0.2) is 5.16 Å². The Bertz CT molecular complexity index is 1040. The lowest BCUT2D eigenvalue weighted by Gasteiger charge is -2.26. The van der Waals surface area contributed by atoms with Gasteiger partial charge in [0.2, 0.25) is 5.91 Å². The fourth-order valence-corrected chi connectivity index (χ4v) is 5.61. The van der Waals surface area contributed by atoms with Gasteiger partial charge >= 0.3 is 0 Å². The number of amides is 1. The second kappa shape index (κ2) is 9.13. The van der Waals surface area contributed by atoms with Gasteiger partial charge < -0.3 is 4.90 Å². The van der Waals surface area contributed by atoms with Crippen molar-refractivity contribution in [3.05, 3.63) is 57.0 Å². The van der Waals surface area contributed by atoms with Crippen molar-refractivity contribution in [2.75, 3.05) is 12.8 Å². The maximum Gasteiger partial charge on any atom is 0.262 e. The predicted molar refractivity (Wildman–Crippen MR) is 120 cm³/mol. The van der Waals surface area contributed by atoms with Crippen molar-refractivity contribution in [1.29, 1.82) is 0 Å². The molecular formula is C22H25N3O2S2. The topological polar surface area (TPSA) is 55.2 Å². The average Bonchev–Trinajstić information content (AvgIpc) is 3.25. The number of aromatic nitrogens is 2. The molecule has 5 nitrogen and oxygen atoms in total. The fourth-order valence-electron chi connectivity index (χ4n) is 3.85. The molecule has 2 heterocycles. The van der Waals surface area contributed by atoms with Crippen LogP contribution in [0.5, 0.6) is 0 Å². The SMILES string of the molecule is CN(Cc1cccs1)C(=O)CSc1nc2ccccc2c(=O)n1C1CCCCC1. The van der Waals surface area contributed by atoms with E-state index < -0.39 is 0 Å². The van der Waals surface area contributed by atoms with Crippen LogP contribution in [-0.2, 0) is 11.3 Å². The van der Waals surface area contributed by atoms with Crippen molar-refractivity contribution in [2.24, 2.45) is 0 Å². The Morgan fingerprint density at radius 1 is 1.21 bits per heavy atom. The zero-order chi connectivity index (χ0) is 20.2. The van der Waals surface area contributed by atoms with Gasteiger partial charge in [-0.1, -0.05) is 49.2 Å². The van der Waals surface area contributed by atoms with E-state index in [1.165, 1.54) is 18.2 Å². The Balaban J connectivity index is 1.58. The first-order valence-corrected chi connectivity index (χ1v) is 11.9. The minimum atomic E-state index is 0.0180. The summed E-state index contributed by atoms with van der Waals surface area (Å²) in [5.41, 5.74) is 0.718.